The van der Waals surface area contributed by atoms with Crippen molar-refractivity contribution in [2.75, 3.05) is 13.7 Å². The molecule has 50 valence electrons. The normalized spacial score (nSPS) is 7.67. The third kappa shape index (κ3) is 3.57. The van der Waals surface area contributed by atoms with Gasteiger partial charge in [0.25, 0.3) is 0 Å². The maximum Gasteiger partial charge on any atom is 0.166 e. The predicted octanol–water partition coefficient (Wildman–Crippen LogP) is 0.430. The maximum absolute atomic E-state index is 7.84. The number of hydrogen-bond donors (Lipinski definition) is 1. The Hall–Kier alpha value is -1.00. The van der Waals surface area contributed by atoms with Crippen LogP contribution in [0.4, 0.5) is 0 Å². The fourth-order valence-electron chi connectivity index (χ4n) is 0.193. The summed E-state index contributed by atoms with van der Waals surface area (Å²) in [4.78, 5) is 3.99. The van der Waals surface area contributed by atoms with Gasteiger partial charge < -0.3 is 10.6 Å². The van der Waals surface area contributed by atoms with E-state index in [-0.39, 0.29) is 11.8 Å². The summed E-state index contributed by atoms with van der Waals surface area (Å²) in [7, 11) is 1.65. The van der Waals surface area contributed by atoms with Crippen LogP contribution in [0.1, 0.15) is 0 Å². The minimum Gasteiger partial charge on any atom is -0.376 e. The summed E-state index contributed by atoms with van der Waals surface area (Å²) in [6.07, 6.45) is 0. The molecule has 0 aliphatic rings. The standard InChI is InChI=1S/C3H7N5S/c1-8(3(4)9)2-6-7-5/h2H2,1H3,(H2,4,9). The summed E-state index contributed by atoms with van der Waals surface area (Å²) in [5, 5.41) is 3.46. The molecule has 0 bridgehead atoms. The van der Waals surface area contributed by atoms with Crippen LogP contribution in [0.3, 0.4) is 0 Å². The van der Waals surface area contributed by atoms with Crippen LogP contribution in [0.2, 0.25) is 0 Å². The first-order valence-corrected chi connectivity index (χ1v) is 2.60. The highest BCUT2D eigenvalue weighted by molar-refractivity contribution is 7.80. The van der Waals surface area contributed by atoms with E-state index >= 15 is 0 Å². The van der Waals surface area contributed by atoms with Crippen molar-refractivity contribution in [2.24, 2.45) is 10.8 Å². The molecule has 0 aliphatic carbocycles. The lowest BCUT2D eigenvalue weighted by Gasteiger charge is -2.11. The summed E-state index contributed by atoms with van der Waals surface area (Å²) < 4.78 is 0. The van der Waals surface area contributed by atoms with Crippen LogP contribution in [0.25, 0.3) is 10.4 Å². The van der Waals surface area contributed by atoms with Crippen LogP contribution in [0, 0.1) is 0 Å². The molecule has 9 heavy (non-hydrogen) atoms. The van der Waals surface area contributed by atoms with E-state index < -0.39 is 0 Å². The summed E-state index contributed by atoms with van der Waals surface area (Å²) in [5.74, 6) is 0. The second-order valence-corrected chi connectivity index (χ2v) is 1.83. The number of hydrogen-bond acceptors (Lipinski definition) is 2. The zero-order valence-electron chi connectivity index (χ0n) is 4.98. The Bertz CT molecular complexity index is 148. The van der Waals surface area contributed by atoms with Gasteiger partial charge in [-0.3, -0.25) is 0 Å². The highest BCUT2D eigenvalue weighted by Gasteiger charge is 1.93. The summed E-state index contributed by atoms with van der Waals surface area (Å²) >= 11 is 4.55. The fraction of sp³-hybridized carbons (Fsp3) is 0.667. The quantitative estimate of drug-likeness (QED) is 0.265. The lowest BCUT2D eigenvalue weighted by molar-refractivity contribution is 0.524. The monoisotopic (exact) mass is 145 g/mol. The number of rotatable bonds is 2. The highest BCUT2D eigenvalue weighted by atomic mass is 32.1. The van der Waals surface area contributed by atoms with Crippen LogP contribution in [-0.4, -0.2) is 23.7 Å². The topological polar surface area (TPSA) is 78.0 Å². The van der Waals surface area contributed by atoms with E-state index in [1.54, 1.807) is 7.05 Å². The third-order valence-electron chi connectivity index (χ3n) is 0.715. The molecule has 0 atom stereocenters. The molecule has 0 unspecified atom stereocenters. The molecule has 0 saturated carbocycles. The minimum atomic E-state index is 0.186. The molecule has 0 saturated heterocycles. The van der Waals surface area contributed by atoms with Crippen LogP contribution in [-0.2, 0) is 0 Å². The molecule has 0 fully saturated rings. The van der Waals surface area contributed by atoms with Gasteiger partial charge in [-0.05, 0) is 17.7 Å². The Morgan fingerprint density at radius 2 is 2.56 bits per heavy atom. The van der Waals surface area contributed by atoms with Gasteiger partial charge in [0.2, 0.25) is 0 Å². The molecule has 0 radical (unpaired) electrons. The smallest absolute Gasteiger partial charge is 0.166 e. The number of nitrogens with zero attached hydrogens (tertiary/aromatic N) is 4. The fourth-order valence-corrected chi connectivity index (χ4v) is 0.251. The highest BCUT2D eigenvalue weighted by Crippen LogP contribution is 1.81. The van der Waals surface area contributed by atoms with Crippen LogP contribution >= 0.6 is 12.2 Å². The average molecular weight is 145 g/mol. The van der Waals surface area contributed by atoms with Crippen molar-refractivity contribution < 1.29 is 0 Å². The number of nitrogens with two attached hydrogens (primary N) is 1. The second kappa shape index (κ2) is 3.94. The van der Waals surface area contributed by atoms with Gasteiger partial charge in [-0.25, -0.2) is 0 Å². The lowest BCUT2D eigenvalue weighted by atomic mass is 10.8. The average Bonchev–Trinajstić information content (AvgIpc) is 1.82. The van der Waals surface area contributed by atoms with E-state index in [4.69, 9.17) is 11.3 Å². The van der Waals surface area contributed by atoms with E-state index in [9.17, 15) is 0 Å². The third-order valence-corrected chi connectivity index (χ3v) is 1.03. The molecular formula is C3H7N5S. The van der Waals surface area contributed by atoms with Crippen LogP contribution < -0.4 is 5.73 Å². The van der Waals surface area contributed by atoms with Gasteiger partial charge in [0.15, 0.2) is 5.11 Å². The van der Waals surface area contributed by atoms with E-state index in [2.05, 4.69) is 22.2 Å². The van der Waals surface area contributed by atoms with Crippen molar-refractivity contribution >= 4 is 17.3 Å². The van der Waals surface area contributed by atoms with Gasteiger partial charge in [0, 0.05) is 12.0 Å². The summed E-state index contributed by atoms with van der Waals surface area (Å²) in [6.45, 7) is 0.186. The minimum absolute atomic E-state index is 0.186. The van der Waals surface area contributed by atoms with Gasteiger partial charge in [0.05, 0.1) is 6.67 Å². The first kappa shape index (κ1) is 8.00. The molecule has 0 aromatic carbocycles. The van der Waals surface area contributed by atoms with E-state index in [0.717, 1.165) is 0 Å². The number of azide groups is 1. The maximum atomic E-state index is 7.84. The molecule has 6 heteroatoms. The van der Waals surface area contributed by atoms with E-state index in [1.165, 1.54) is 4.90 Å². The lowest BCUT2D eigenvalue weighted by Crippen LogP contribution is -2.31. The summed E-state index contributed by atoms with van der Waals surface area (Å²) in [6, 6.07) is 0. The van der Waals surface area contributed by atoms with Gasteiger partial charge in [-0.1, -0.05) is 5.11 Å². The van der Waals surface area contributed by atoms with Crippen molar-refractivity contribution in [1.29, 1.82) is 0 Å². The van der Waals surface area contributed by atoms with Gasteiger partial charge in [-0.2, -0.15) is 0 Å². The van der Waals surface area contributed by atoms with E-state index in [1.807, 2.05) is 0 Å². The molecule has 5 nitrogen and oxygen atoms in total. The largest absolute Gasteiger partial charge is 0.376 e. The van der Waals surface area contributed by atoms with Crippen molar-refractivity contribution in [3.63, 3.8) is 0 Å². The van der Waals surface area contributed by atoms with Crippen LogP contribution in [0.5, 0.6) is 0 Å². The molecule has 0 amide bonds. The van der Waals surface area contributed by atoms with Crippen molar-refractivity contribution in [2.45, 2.75) is 0 Å². The number of thiocarbonyl (C=S) groups is 1. The Kier molecular flexibility index (Phi) is 3.50. The molecular weight excluding hydrogens is 138 g/mol. The van der Waals surface area contributed by atoms with Crippen molar-refractivity contribution in [3.05, 3.63) is 10.4 Å². The summed E-state index contributed by atoms with van der Waals surface area (Å²) in [5.41, 5.74) is 13.0. The Morgan fingerprint density at radius 1 is 2.00 bits per heavy atom. The predicted molar refractivity (Wildman–Crippen MR) is 38.6 cm³/mol. The first-order chi connectivity index (χ1) is 4.18. The molecule has 2 N–H and O–H groups in total. The molecule has 0 spiro atoms. The van der Waals surface area contributed by atoms with Crippen molar-refractivity contribution in [3.8, 4) is 0 Å². The molecule has 0 aromatic heterocycles. The van der Waals surface area contributed by atoms with Crippen LogP contribution in [0.15, 0.2) is 5.11 Å². The first-order valence-electron chi connectivity index (χ1n) is 2.20. The van der Waals surface area contributed by atoms with Gasteiger partial charge in [0.1, 0.15) is 0 Å². The molecule has 0 heterocycles. The second-order valence-electron chi connectivity index (χ2n) is 1.41. The molecule has 0 rings (SSSR count). The van der Waals surface area contributed by atoms with Crippen molar-refractivity contribution in [1.82, 2.24) is 4.90 Å². The van der Waals surface area contributed by atoms with E-state index in [0.29, 0.717) is 0 Å². The van der Waals surface area contributed by atoms with Gasteiger partial charge >= 0.3 is 0 Å². The molecule has 0 aromatic rings. The molecule has 0 aliphatic heterocycles. The Labute approximate surface area is 58.1 Å². The zero-order valence-corrected chi connectivity index (χ0v) is 5.80. The zero-order chi connectivity index (χ0) is 7.28. The Morgan fingerprint density at radius 3 is 2.89 bits per heavy atom. The van der Waals surface area contributed by atoms with Gasteiger partial charge in [-0.15, -0.1) is 0 Å². The SMILES string of the molecule is CN(CN=[N+]=[N-])C(N)=S. The Balaban J connectivity index is 3.63.